The van der Waals surface area contributed by atoms with Crippen molar-refractivity contribution in [3.63, 3.8) is 0 Å². The molecule has 0 radical (unpaired) electrons. The molecule has 30 heavy (non-hydrogen) atoms. The van der Waals surface area contributed by atoms with Crippen LogP contribution in [0.4, 0.5) is 0 Å². The standard InChI is InChI=1S/C24H38N4O2/c1-3-5-16-24(17-6-4-2)22(30)28(23(25)27-24)19-11-10-14-21(29)26-18-15-20-12-8-7-9-13-20/h7-9,12-13H,3-6,10-11,14-19H2,1-2H3,(H2,25,27)(H,26,29). The van der Waals surface area contributed by atoms with E-state index in [4.69, 9.17) is 5.41 Å². The molecule has 1 aromatic rings. The predicted octanol–water partition coefficient (Wildman–Crippen LogP) is 4.00. The Bertz CT molecular complexity index is 682. The van der Waals surface area contributed by atoms with Crippen LogP contribution in [0.15, 0.2) is 30.3 Å². The summed E-state index contributed by atoms with van der Waals surface area (Å²) >= 11 is 0. The molecular formula is C24H38N4O2. The van der Waals surface area contributed by atoms with E-state index in [0.29, 0.717) is 25.9 Å². The molecule has 1 heterocycles. The minimum atomic E-state index is -0.599. The highest BCUT2D eigenvalue weighted by Crippen LogP contribution is 2.29. The quantitative estimate of drug-likeness (QED) is 0.402. The van der Waals surface area contributed by atoms with Crippen LogP contribution in [-0.2, 0) is 16.0 Å². The Morgan fingerprint density at radius 3 is 2.37 bits per heavy atom. The first-order valence-corrected chi connectivity index (χ1v) is 11.5. The van der Waals surface area contributed by atoms with Crippen molar-refractivity contribution in [1.82, 2.24) is 15.5 Å². The van der Waals surface area contributed by atoms with Crippen molar-refractivity contribution in [2.24, 2.45) is 0 Å². The summed E-state index contributed by atoms with van der Waals surface area (Å²) in [6.45, 7) is 5.39. The lowest BCUT2D eigenvalue weighted by atomic mass is 9.87. The van der Waals surface area contributed by atoms with Crippen molar-refractivity contribution in [2.75, 3.05) is 13.1 Å². The highest BCUT2D eigenvalue weighted by Gasteiger charge is 2.47. The van der Waals surface area contributed by atoms with Crippen molar-refractivity contribution in [2.45, 2.75) is 83.6 Å². The van der Waals surface area contributed by atoms with Gasteiger partial charge >= 0.3 is 0 Å². The second kappa shape index (κ2) is 12.4. The van der Waals surface area contributed by atoms with Crippen molar-refractivity contribution in [3.8, 4) is 0 Å². The zero-order valence-electron chi connectivity index (χ0n) is 18.6. The van der Waals surface area contributed by atoms with Gasteiger partial charge in [-0.15, -0.1) is 0 Å². The monoisotopic (exact) mass is 414 g/mol. The molecule has 0 atom stereocenters. The summed E-state index contributed by atoms with van der Waals surface area (Å²) in [4.78, 5) is 26.7. The second-order valence-corrected chi connectivity index (χ2v) is 8.26. The molecule has 0 aromatic heterocycles. The maximum absolute atomic E-state index is 13.1. The molecule has 0 unspecified atom stereocenters. The van der Waals surface area contributed by atoms with Gasteiger partial charge in [-0.05, 0) is 37.7 Å². The summed E-state index contributed by atoms with van der Waals surface area (Å²) in [5, 5.41) is 14.4. The third kappa shape index (κ3) is 6.85. The molecule has 2 amide bonds. The number of benzene rings is 1. The summed E-state index contributed by atoms with van der Waals surface area (Å²) < 4.78 is 0. The van der Waals surface area contributed by atoms with Crippen LogP contribution in [0.5, 0.6) is 0 Å². The van der Waals surface area contributed by atoms with Gasteiger partial charge in [-0.2, -0.15) is 0 Å². The number of carbonyl (C=O) groups is 2. The van der Waals surface area contributed by atoms with Gasteiger partial charge < -0.3 is 10.6 Å². The van der Waals surface area contributed by atoms with Crippen molar-refractivity contribution < 1.29 is 9.59 Å². The number of nitrogens with zero attached hydrogens (tertiary/aromatic N) is 1. The van der Waals surface area contributed by atoms with Crippen LogP contribution in [0.1, 0.15) is 77.2 Å². The molecule has 0 spiro atoms. The number of guanidine groups is 1. The third-order valence-electron chi connectivity index (χ3n) is 5.81. The maximum atomic E-state index is 13.1. The largest absolute Gasteiger partial charge is 0.356 e. The molecule has 1 aliphatic heterocycles. The number of nitrogens with one attached hydrogen (secondary N) is 3. The molecule has 3 N–H and O–H groups in total. The van der Waals surface area contributed by atoms with E-state index in [1.165, 1.54) is 5.56 Å². The van der Waals surface area contributed by atoms with Gasteiger partial charge in [0.05, 0.1) is 0 Å². The Morgan fingerprint density at radius 2 is 1.73 bits per heavy atom. The molecular weight excluding hydrogens is 376 g/mol. The highest BCUT2D eigenvalue weighted by atomic mass is 16.2. The number of rotatable bonds is 14. The minimum absolute atomic E-state index is 0.0433. The fourth-order valence-electron chi connectivity index (χ4n) is 3.98. The first-order chi connectivity index (χ1) is 14.5. The first kappa shape index (κ1) is 23.9. The fourth-order valence-corrected chi connectivity index (χ4v) is 3.98. The predicted molar refractivity (Wildman–Crippen MR) is 121 cm³/mol. The molecule has 6 heteroatoms. The minimum Gasteiger partial charge on any atom is -0.356 e. The summed E-state index contributed by atoms with van der Waals surface area (Å²) in [5.74, 6) is 0.313. The number of hydrogen-bond acceptors (Lipinski definition) is 3. The average Bonchev–Trinajstić information content (AvgIpc) is 2.98. The van der Waals surface area contributed by atoms with Gasteiger partial charge in [0.25, 0.3) is 5.91 Å². The van der Waals surface area contributed by atoms with E-state index in [1.54, 1.807) is 4.90 Å². The van der Waals surface area contributed by atoms with E-state index >= 15 is 0 Å². The number of carbonyl (C=O) groups excluding carboxylic acids is 2. The lowest BCUT2D eigenvalue weighted by Crippen LogP contribution is -2.47. The van der Waals surface area contributed by atoms with Crippen LogP contribution < -0.4 is 10.6 Å². The lowest BCUT2D eigenvalue weighted by Gasteiger charge is -2.27. The normalized spacial score (nSPS) is 15.3. The van der Waals surface area contributed by atoms with Gasteiger partial charge in [0, 0.05) is 19.5 Å². The van der Waals surface area contributed by atoms with Crippen LogP contribution in [0.3, 0.4) is 0 Å². The smallest absolute Gasteiger partial charge is 0.255 e. The first-order valence-electron chi connectivity index (χ1n) is 11.5. The molecule has 1 fully saturated rings. The third-order valence-corrected chi connectivity index (χ3v) is 5.81. The summed E-state index contributed by atoms with van der Waals surface area (Å²) in [7, 11) is 0. The Labute approximate surface area is 181 Å². The molecule has 1 aliphatic rings. The van der Waals surface area contributed by atoms with E-state index in [9.17, 15) is 9.59 Å². The van der Waals surface area contributed by atoms with Gasteiger partial charge in [-0.1, -0.05) is 69.9 Å². The van der Waals surface area contributed by atoms with Gasteiger partial charge in [0.1, 0.15) is 5.54 Å². The lowest BCUT2D eigenvalue weighted by molar-refractivity contribution is -0.131. The maximum Gasteiger partial charge on any atom is 0.255 e. The van der Waals surface area contributed by atoms with Crippen LogP contribution >= 0.6 is 0 Å². The average molecular weight is 415 g/mol. The zero-order chi connectivity index (χ0) is 21.8. The Hall–Kier alpha value is -2.37. The summed E-state index contributed by atoms with van der Waals surface area (Å²) in [6, 6.07) is 10.1. The number of amides is 2. The van der Waals surface area contributed by atoms with Crippen LogP contribution in [0, 0.1) is 5.41 Å². The van der Waals surface area contributed by atoms with E-state index in [0.717, 1.165) is 51.4 Å². The molecule has 2 rings (SSSR count). The molecule has 166 valence electrons. The Kier molecular flexibility index (Phi) is 9.84. The van der Waals surface area contributed by atoms with E-state index < -0.39 is 5.54 Å². The van der Waals surface area contributed by atoms with Crippen LogP contribution in [0.25, 0.3) is 0 Å². The topological polar surface area (TPSA) is 85.3 Å². The Morgan fingerprint density at radius 1 is 1.07 bits per heavy atom. The number of hydrogen-bond donors (Lipinski definition) is 3. The van der Waals surface area contributed by atoms with Crippen molar-refractivity contribution in [3.05, 3.63) is 35.9 Å². The van der Waals surface area contributed by atoms with Gasteiger partial charge in [-0.25, -0.2) is 0 Å². The highest BCUT2D eigenvalue weighted by molar-refractivity contribution is 6.07. The molecule has 0 saturated carbocycles. The van der Waals surface area contributed by atoms with E-state index in [-0.39, 0.29) is 17.8 Å². The molecule has 0 aliphatic carbocycles. The van der Waals surface area contributed by atoms with Crippen LogP contribution in [-0.4, -0.2) is 41.3 Å². The molecule has 6 nitrogen and oxygen atoms in total. The van der Waals surface area contributed by atoms with Gasteiger partial charge in [0.15, 0.2) is 5.96 Å². The van der Waals surface area contributed by atoms with Crippen LogP contribution in [0.2, 0.25) is 0 Å². The summed E-state index contributed by atoms with van der Waals surface area (Å²) in [5.41, 5.74) is 0.615. The van der Waals surface area contributed by atoms with Gasteiger partial charge in [-0.3, -0.25) is 19.9 Å². The number of unbranched alkanes of at least 4 members (excludes halogenated alkanes) is 3. The fraction of sp³-hybridized carbons (Fsp3) is 0.625. The van der Waals surface area contributed by atoms with Gasteiger partial charge in [0.2, 0.25) is 5.91 Å². The molecule has 1 saturated heterocycles. The van der Waals surface area contributed by atoms with Crippen molar-refractivity contribution >= 4 is 17.8 Å². The zero-order valence-corrected chi connectivity index (χ0v) is 18.6. The SMILES string of the molecule is CCCCC1(CCCC)NC(=N)N(CCCCC(=O)NCCc2ccccc2)C1=O. The van der Waals surface area contributed by atoms with Crippen molar-refractivity contribution in [1.29, 1.82) is 5.41 Å². The summed E-state index contributed by atoms with van der Waals surface area (Å²) in [6.07, 6.45) is 8.31. The second-order valence-electron chi connectivity index (χ2n) is 8.26. The molecule has 0 bridgehead atoms. The van der Waals surface area contributed by atoms with E-state index in [1.807, 2.05) is 18.2 Å². The molecule has 1 aromatic carbocycles. The van der Waals surface area contributed by atoms with E-state index in [2.05, 4.69) is 36.6 Å². The Balaban J connectivity index is 1.72.